The zero-order valence-electron chi connectivity index (χ0n) is 21.6. The fourth-order valence-electron chi connectivity index (χ4n) is 5.14. The van der Waals surface area contributed by atoms with Crippen LogP contribution in [0.15, 0.2) is 59.5 Å². The molecule has 4 heterocycles. The van der Waals surface area contributed by atoms with Crippen molar-refractivity contribution in [3.63, 3.8) is 0 Å². The third-order valence-corrected chi connectivity index (χ3v) is 7.12. The lowest BCUT2D eigenvalue weighted by Crippen LogP contribution is -2.35. The van der Waals surface area contributed by atoms with Gasteiger partial charge < -0.3 is 24.7 Å². The van der Waals surface area contributed by atoms with Crippen molar-refractivity contribution >= 4 is 22.3 Å². The first-order valence-corrected chi connectivity index (χ1v) is 12.7. The Hall–Kier alpha value is -3.75. The molecule has 1 aliphatic rings. The van der Waals surface area contributed by atoms with Crippen molar-refractivity contribution in [2.24, 2.45) is 0 Å². The summed E-state index contributed by atoms with van der Waals surface area (Å²) in [5, 5.41) is 4.72. The van der Waals surface area contributed by atoms with E-state index in [1.807, 2.05) is 24.3 Å². The second-order valence-corrected chi connectivity index (χ2v) is 9.50. The van der Waals surface area contributed by atoms with Crippen LogP contribution < -0.4 is 15.6 Å². The number of hydrogen-bond acceptors (Lipinski definition) is 7. The molecule has 192 valence electrons. The zero-order chi connectivity index (χ0) is 25.8. The van der Waals surface area contributed by atoms with Gasteiger partial charge >= 0.3 is 0 Å². The molecule has 1 saturated heterocycles. The van der Waals surface area contributed by atoms with Crippen molar-refractivity contribution in [1.82, 2.24) is 19.9 Å². The van der Waals surface area contributed by atoms with Crippen LogP contribution in [0.1, 0.15) is 29.9 Å². The van der Waals surface area contributed by atoms with Crippen LogP contribution in [0.2, 0.25) is 0 Å². The summed E-state index contributed by atoms with van der Waals surface area (Å²) >= 11 is 0. The predicted molar refractivity (Wildman–Crippen MR) is 147 cm³/mol. The molecular formula is C29H33N5O3. The molecule has 5 rings (SSSR count). The van der Waals surface area contributed by atoms with Crippen LogP contribution in [-0.2, 0) is 4.74 Å². The monoisotopic (exact) mass is 499 g/mol. The van der Waals surface area contributed by atoms with Crippen LogP contribution >= 0.6 is 0 Å². The van der Waals surface area contributed by atoms with E-state index in [9.17, 15) is 4.79 Å². The van der Waals surface area contributed by atoms with E-state index in [4.69, 9.17) is 14.5 Å². The third-order valence-electron chi connectivity index (χ3n) is 7.12. The van der Waals surface area contributed by atoms with Crippen molar-refractivity contribution in [2.75, 3.05) is 45.8 Å². The Morgan fingerprint density at radius 2 is 1.89 bits per heavy atom. The highest BCUT2D eigenvalue weighted by molar-refractivity contribution is 5.95. The molecule has 0 radical (unpaired) electrons. The van der Waals surface area contributed by atoms with Gasteiger partial charge in [0.25, 0.3) is 5.56 Å². The van der Waals surface area contributed by atoms with Gasteiger partial charge in [0, 0.05) is 31.6 Å². The highest BCUT2D eigenvalue weighted by atomic mass is 16.5. The van der Waals surface area contributed by atoms with Crippen LogP contribution in [0.4, 0.5) is 11.5 Å². The van der Waals surface area contributed by atoms with E-state index in [2.05, 4.69) is 45.3 Å². The number of nitrogens with zero attached hydrogens (tertiary/aromatic N) is 3. The summed E-state index contributed by atoms with van der Waals surface area (Å²) in [6, 6.07) is 15.8. The molecule has 0 saturated carbocycles. The molecule has 37 heavy (non-hydrogen) atoms. The molecule has 4 aromatic rings. The molecule has 8 heteroatoms. The molecule has 0 spiro atoms. The van der Waals surface area contributed by atoms with E-state index < -0.39 is 0 Å². The highest BCUT2D eigenvalue weighted by Gasteiger charge is 2.22. The summed E-state index contributed by atoms with van der Waals surface area (Å²) in [5.41, 5.74) is 4.67. The van der Waals surface area contributed by atoms with Crippen molar-refractivity contribution in [3.05, 3.63) is 76.2 Å². The molecular weight excluding hydrogens is 466 g/mol. The molecule has 8 nitrogen and oxygen atoms in total. The number of ether oxygens (including phenoxy) is 2. The van der Waals surface area contributed by atoms with E-state index >= 15 is 0 Å². The summed E-state index contributed by atoms with van der Waals surface area (Å²) in [6.07, 6.45) is 3.94. The van der Waals surface area contributed by atoms with Crippen LogP contribution in [0.3, 0.4) is 0 Å². The van der Waals surface area contributed by atoms with Gasteiger partial charge in [0.2, 0.25) is 5.88 Å². The fourth-order valence-corrected chi connectivity index (χ4v) is 5.14. The molecule has 1 fully saturated rings. The number of pyridine rings is 3. The molecule has 1 aliphatic heterocycles. The topological polar surface area (TPSA) is 92.4 Å². The Morgan fingerprint density at radius 1 is 1.05 bits per heavy atom. The van der Waals surface area contributed by atoms with Crippen molar-refractivity contribution < 1.29 is 9.47 Å². The summed E-state index contributed by atoms with van der Waals surface area (Å²) in [6.45, 7) is 6.13. The summed E-state index contributed by atoms with van der Waals surface area (Å²) in [5.74, 6) is 1.56. The smallest absolute Gasteiger partial charge is 0.259 e. The van der Waals surface area contributed by atoms with Crippen LogP contribution in [0.5, 0.6) is 5.88 Å². The summed E-state index contributed by atoms with van der Waals surface area (Å²) in [7, 11) is 3.34. The molecule has 0 amide bonds. The Bertz CT molecular complexity index is 1440. The molecule has 0 aliphatic carbocycles. The van der Waals surface area contributed by atoms with E-state index in [0.717, 1.165) is 50.2 Å². The number of fused-ring (bicyclic) bond motifs is 1. The van der Waals surface area contributed by atoms with Crippen LogP contribution in [0, 0.1) is 6.92 Å². The molecule has 1 aromatic carbocycles. The fraction of sp³-hybridized carbons (Fsp3) is 0.345. The lowest BCUT2D eigenvalue weighted by molar-refractivity contribution is 0.130. The van der Waals surface area contributed by atoms with Gasteiger partial charge in [-0.25, -0.2) is 9.97 Å². The SMILES string of the molecule is COCCN1CCC(c2ccc(Nc3nc(-c4cccc(OC)n4)cc4cc[nH]c(=O)c34)cc2C)CC1. The van der Waals surface area contributed by atoms with Gasteiger partial charge in [0.1, 0.15) is 5.82 Å². The van der Waals surface area contributed by atoms with Crippen molar-refractivity contribution in [2.45, 2.75) is 25.7 Å². The number of H-pyrrole nitrogens is 1. The highest BCUT2D eigenvalue weighted by Crippen LogP contribution is 2.33. The average Bonchev–Trinajstić information content (AvgIpc) is 2.92. The summed E-state index contributed by atoms with van der Waals surface area (Å²) < 4.78 is 10.5. The zero-order valence-corrected chi connectivity index (χ0v) is 21.6. The summed E-state index contributed by atoms with van der Waals surface area (Å²) in [4.78, 5) is 27.4. The minimum atomic E-state index is -0.189. The van der Waals surface area contributed by atoms with E-state index in [-0.39, 0.29) is 5.56 Å². The van der Waals surface area contributed by atoms with Crippen molar-refractivity contribution in [1.29, 1.82) is 0 Å². The standard InChI is InChI=1S/C29H33N5O3/c1-19-17-22(7-8-23(19)20-10-13-34(14-11-20)15-16-36-2)31-28-27-21(9-12-30-29(27)35)18-25(33-28)24-5-4-6-26(32-24)37-3/h4-9,12,17-18,20H,10-11,13-16H2,1-3H3,(H,30,35)(H,31,33). The number of hydrogen-bond donors (Lipinski definition) is 2. The number of nitrogens with one attached hydrogen (secondary N) is 2. The minimum Gasteiger partial charge on any atom is -0.481 e. The van der Waals surface area contributed by atoms with Gasteiger partial charge in [0.05, 0.1) is 30.5 Å². The largest absolute Gasteiger partial charge is 0.481 e. The molecule has 0 atom stereocenters. The maximum atomic E-state index is 12.8. The number of rotatable bonds is 8. The predicted octanol–water partition coefficient (Wildman–Crippen LogP) is 4.87. The van der Waals surface area contributed by atoms with Crippen LogP contribution in [-0.4, -0.2) is 60.3 Å². The Labute approximate surface area is 216 Å². The Balaban J connectivity index is 1.43. The number of aromatic amines is 1. The van der Waals surface area contributed by atoms with Crippen molar-refractivity contribution in [3.8, 4) is 17.3 Å². The molecule has 0 unspecified atom stereocenters. The van der Waals surface area contributed by atoms with Gasteiger partial charge in [-0.15, -0.1) is 0 Å². The quantitative estimate of drug-likeness (QED) is 0.357. The van der Waals surface area contributed by atoms with E-state index in [0.29, 0.717) is 34.4 Å². The lowest BCUT2D eigenvalue weighted by atomic mass is 9.86. The third kappa shape index (κ3) is 5.50. The number of aromatic nitrogens is 3. The lowest BCUT2D eigenvalue weighted by Gasteiger charge is -2.32. The normalized spacial score (nSPS) is 14.7. The first-order chi connectivity index (χ1) is 18.1. The van der Waals surface area contributed by atoms with Gasteiger partial charge in [-0.05, 0) is 85.6 Å². The first-order valence-electron chi connectivity index (χ1n) is 12.7. The number of aryl methyl sites for hydroxylation is 1. The van der Waals surface area contributed by atoms with Gasteiger partial charge in [-0.3, -0.25) is 4.79 Å². The average molecular weight is 500 g/mol. The second-order valence-electron chi connectivity index (χ2n) is 9.50. The maximum Gasteiger partial charge on any atom is 0.259 e. The first kappa shape index (κ1) is 24.9. The van der Waals surface area contributed by atoms with E-state index in [1.165, 1.54) is 11.1 Å². The van der Waals surface area contributed by atoms with Gasteiger partial charge in [-0.1, -0.05) is 12.1 Å². The maximum absolute atomic E-state index is 12.8. The van der Waals surface area contributed by atoms with Crippen LogP contribution in [0.25, 0.3) is 22.2 Å². The number of anilines is 2. The number of benzene rings is 1. The minimum absolute atomic E-state index is 0.189. The molecule has 2 N–H and O–H groups in total. The molecule has 0 bridgehead atoms. The Morgan fingerprint density at radius 3 is 2.65 bits per heavy atom. The number of likely N-dealkylation sites (tertiary alicyclic amines) is 1. The number of methoxy groups -OCH3 is 2. The Kier molecular flexibility index (Phi) is 7.48. The van der Waals surface area contributed by atoms with E-state index in [1.54, 1.807) is 26.5 Å². The number of piperidine rings is 1. The second kappa shape index (κ2) is 11.1. The van der Waals surface area contributed by atoms with Gasteiger partial charge in [-0.2, -0.15) is 0 Å². The van der Waals surface area contributed by atoms with Gasteiger partial charge in [0.15, 0.2) is 0 Å². The molecule has 3 aromatic heterocycles.